The minimum Gasteiger partial charge on any atom is -0.460 e. The molecule has 0 aromatic heterocycles. The molecule has 14 heavy (non-hydrogen) atoms. The van der Waals surface area contributed by atoms with Crippen LogP contribution in [0.3, 0.4) is 0 Å². The number of rotatable bonds is 2. The number of esters is 1. The molecular weight excluding hydrogens is 178 g/mol. The number of hydrogen-bond acceptors (Lipinski definition) is 3. The second-order valence-corrected chi connectivity index (χ2v) is 5.69. The fourth-order valence-corrected chi connectivity index (χ4v) is 1.18. The van der Waals surface area contributed by atoms with Crippen LogP contribution in [-0.2, 0) is 9.53 Å². The topological polar surface area (TPSA) is 52.3 Å². The molecule has 1 atom stereocenters. The minimum absolute atomic E-state index is 0.142. The summed E-state index contributed by atoms with van der Waals surface area (Å²) in [6.07, 6.45) is 0. The highest BCUT2D eigenvalue weighted by atomic mass is 16.6. The average molecular weight is 201 g/mol. The van der Waals surface area contributed by atoms with Crippen molar-refractivity contribution in [2.24, 2.45) is 17.1 Å². The van der Waals surface area contributed by atoms with E-state index in [1.54, 1.807) is 0 Å². The van der Waals surface area contributed by atoms with Gasteiger partial charge in [-0.25, -0.2) is 0 Å². The Morgan fingerprint density at radius 3 is 1.86 bits per heavy atom. The molecule has 0 aliphatic heterocycles. The number of carbonyl (C=O) groups excluding carboxylic acids is 1. The van der Waals surface area contributed by atoms with Crippen LogP contribution in [0.4, 0.5) is 0 Å². The Kier molecular flexibility index (Phi) is 4.13. The van der Waals surface area contributed by atoms with Crippen molar-refractivity contribution < 1.29 is 9.53 Å². The lowest BCUT2D eigenvalue weighted by atomic mass is 9.81. The SMILES string of the molecule is CC(C)(C)OC(=O)C(CN)C(C)(C)C. The van der Waals surface area contributed by atoms with Crippen molar-refractivity contribution in [3.05, 3.63) is 0 Å². The summed E-state index contributed by atoms with van der Waals surface area (Å²) in [5, 5.41) is 0. The Balaban J connectivity index is 4.50. The fraction of sp³-hybridized carbons (Fsp3) is 0.909. The number of ether oxygens (including phenoxy) is 1. The van der Waals surface area contributed by atoms with E-state index in [1.807, 2.05) is 41.5 Å². The van der Waals surface area contributed by atoms with Crippen LogP contribution in [0.5, 0.6) is 0 Å². The van der Waals surface area contributed by atoms with Gasteiger partial charge in [-0.05, 0) is 26.2 Å². The number of nitrogens with two attached hydrogens (primary N) is 1. The van der Waals surface area contributed by atoms with E-state index in [-0.39, 0.29) is 17.3 Å². The molecule has 84 valence electrons. The molecule has 0 bridgehead atoms. The van der Waals surface area contributed by atoms with Gasteiger partial charge >= 0.3 is 5.97 Å². The standard InChI is InChI=1S/C11H23NO2/c1-10(2,3)8(7-12)9(13)14-11(4,5)6/h8H,7,12H2,1-6H3. The zero-order chi connectivity index (χ0) is 11.6. The average Bonchev–Trinajstić information content (AvgIpc) is 1.79. The van der Waals surface area contributed by atoms with Crippen molar-refractivity contribution in [1.29, 1.82) is 0 Å². The van der Waals surface area contributed by atoms with Crippen LogP contribution in [0.15, 0.2) is 0 Å². The van der Waals surface area contributed by atoms with Gasteiger partial charge in [0.2, 0.25) is 0 Å². The van der Waals surface area contributed by atoms with Gasteiger partial charge in [-0.15, -0.1) is 0 Å². The molecular formula is C11H23NO2. The monoisotopic (exact) mass is 201 g/mol. The predicted octanol–water partition coefficient (Wildman–Crippen LogP) is 1.95. The quantitative estimate of drug-likeness (QED) is 0.695. The maximum atomic E-state index is 11.7. The molecule has 0 aliphatic carbocycles. The molecule has 1 unspecified atom stereocenters. The molecule has 0 aromatic carbocycles. The molecule has 0 rings (SSSR count). The van der Waals surface area contributed by atoms with E-state index in [0.717, 1.165) is 0 Å². The summed E-state index contributed by atoms with van der Waals surface area (Å²) in [6, 6.07) is 0. The van der Waals surface area contributed by atoms with Gasteiger partial charge in [0.05, 0.1) is 5.92 Å². The van der Waals surface area contributed by atoms with Gasteiger partial charge in [0.25, 0.3) is 0 Å². The first kappa shape index (κ1) is 13.4. The van der Waals surface area contributed by atoms with E-state index >= 15 is 0 Å². The Labute approximate surface area is 87.0 Å². The third kappa shape index (κ3) is 4.61. The summed E-state index contributed by atoms with van der Waals surface area (Å²) in [4.78, 5) is 11.7. The predicted molar refractivity (Wildman–Crippen MR) is 57.8 cm³/mol. The summed E-state index contributed by atoms with van der Waals surface area (Å²) in [5.41, 5.74) is 5.00. The first-order valence-corrected chi connectivity index (χ1v) is 5.01. The van der Waals surface area contributed by atoms with Gasteiger partial charge < -0.3 is 10.5 Å². The van der Waals surface area contributed by atoms with E-state index in [1.165, 1.54) is 0 Å². The van der Waals surface area contributed by atoms with Gasteiger partial charge in [0.1, 0.15) is 5.60 Å². The molecule has 0 saturated carbocycles. The molecule has 2 N–H and O–H groups in total. The largest absolute Gasteiger partial charge is 0.460 e. The molecule has 0 aliphatic rings. The van der Waals surface area contributed by atoms with Gasteiger partial charge in [-0.1, -0.05) is 20.8 Å². The van der Waals surface area contributed by atoms with Crippen LogP contribution >= 0.6 is 0 Å². The van der Waals surface area contributed by atoms with E-state index in [9.17, 15) is 4.79 Å². The third-order valence-corrected chi connectivity index (χ3v) is 1.97. The summed E-state index contributed by atoms with van der Waals surface area (Å²) in [6.45, 7) is 11.9. The van der Waals surface area contributed by atoms with Crippen molar-refractivity contribution in [3.63, 3.8) is 0 Å². The molecule has 0 aromatic rings. The summed E-state index contributed by atoms with van der Waals surface area (Å²) < 4.78 is 5.30. The number of hydrogen-bond donors (Lipinski definition) is 1. The number of carbonyl (C=O) groups is 1. The Morgan fingerprint density at radius 2 is 1.64 bits per heavy atom. The first-order valence-electron chi connectivity index (χ1n) is 5.01. The maximum Gasteiger partial charge on any atom is 0.311 e. The Bertz CT molecular complexity index is 198. The molecule has 0 spiro atoms. The van der Waals surface area contributed by atoms with Crippen LogP contribution < -0.4 is 5.73 Å². The van der Waals surface area contributed by atoms with Crippen LogP contribution in [0.2, 0.25) is 0 Å². The van der Waals surface area contributed by atoms with E-state index in [4.69, 9.17) is 10.5 Å². The Hall–Kier alpha value is -0.570. The molecule has 3 heteroatoms. The van der Waals surface area contributed by atoms with Crippen molar-refractivity contribution in [3.8, 4) is 0 Å². The molecule has 0 saturated heterocycles. The third-order valence-electron chi connectivity index (χ3n) is 1.97. The first-order chi connectivity index (χ1) is 6.08. The molecule has 0 radical (unpaired) electrons. The van der Waals surface area contributed by atoms with Crippen LogP contribution in [0.25, 0.3) is 0 Å². The highest BCUT2D eigenvalue weighted by Gasteiger charge is 2.33. The van der Waals surface area contributed by atoms with Crippen molar-refractivity contribution in [1.82, 2.24) is 0 Å². The highest BCUT2D eigenvalue weighted by molar-refractivity contribution is 5.74. The van der Waals surface area contributed by atoms with E-state index in [2.05, 4.69) is 0 Å². The molecule has 0 heterocycles. The highest BCUT2D eigenvalue weighted by Crippen LogP contribution is 2.27. The molecule has 0 fully saturated rings. The lowest BCUT2D eigenvalue weighted by Crippen LogP contribution is -2.39. The maximum absolute atomic E-state index is 11.7. The lowest BCUT2D eigenvalue weighted by Gasteiger charge is -2.30. The second kappa shape index (κ2) is 4.30. The van der Waals surface area contributed by atoms with Gasteiger partial charge in [0.15, 0.2) is 0 Å². The van der Waals surface area contributed by atoms with Gasteiger partial charge in [0, 0.05) is 6.54 Å². The van der Waals surface area contributed by atoms with Crippen molar-refractivity contribution in [2.45, 2.75) is 47.1 Å². The smallest absolute Gasteiger partial charge is 0.311 e. The van der Waals surface area contributed by atoms with E-state index in [0.29, 0.717) is 6.54 Å². The molecule has 3 nitrogen and oxygen atoms in total. The second-order valence-electron chi connectivity index (χ2n) is 5.69. The van der Waals surface area contributed by atoms with Crippen LogP contribution in [0, 0.1) is 11.3 Å². The van der Waals surface area contributed by atoms with Gasteiger partial charge in [-0.3, -0.25) is 4.79 Å². The van der Waals surface area contributed by atoms with Crippen molar-refractivity contribution >= 4 is 5.97 Å². The fourth-order valence-electron chi connectivity index (χ4n) is 1.18. The van der Waals surface area contributed by atoms with Crippen LogP contribution in [0.1, 0.15) is 41.5 Å². The summed E-state index contributed by atoms with van der Waals surface area (Å²) in [5.74, 6) is -0.436. The lowest BCUT2D eigenvalue weighted by molar-refractivity contribution is -0.163. The Morgan fingerprint density at radius 1 is 1.21 bits per heavy atom. The summed E-state index contributed by atoms with van der Waals surface area (Å²) >= 11 is 0. The normalized spacial score (nSPS) is 15.1. The zero-order valence-electron chi connectivity index (χ0n) is 10.2. The van der Waals surface area contributed by atoms with Crippen LogP contribution in [-0.4, -0.2) is 18.1 Å². The van der Waals surface area contributed by atoms with Gasteiger partial charge in [-0.2, -0.15) is 0 Å². The van der Waals surface area contributed by atoms with E-state index < -0.39 is 5.60 Å². The van der Waals surface area contributed by atoms with Crippen molar-refractivity contribution in [2.75, 3.05) is 6.54 Å². The summed E-state index contributed by atoms with van der Waals surface area (Å²) in [7, 11) is 0. The molecule has 0 amide bonds. The minimum atomic E-state index is -0.435. The zero-order valence-corrected chi connectivity index (χ0v) is 10.2.